The normalized spacial score (nSPS) is 13.1. The van der Waals surface area contributed by atoms with Crippen LogP contribution in [0.25, 0.3) is 0 Å². The minimum atomic E-state index is -0.0225. The molecule has 1 aromatic carbocycles. The number of nitrogens with zero attached hydrogens (tertiary/aromatic N) is 1. The monoisotopic (exact) mass is 272 g/mol. The standard InChI is InChI=1S/C15H16N2OS/c1-17(12-7-3-2-4-8-12)16-15(18)14-10-11-6-5-9-13(11)19-14/h2-4,7-8,10H,5-6,9H2,1H3,(H,16,18). The molecule has 19 heavy (non-hydrogen) atoms. The summed E-state index contributed by atoms with van der Waals surface area (Å²) in [5.41, 5.74) is 5.24. The molecule has 0 saturated carbocycles. The van der Waals surface area contributed by atoms with Crippen molar-refractivity contribution in [3.8, 4) is 0 Å². The van der Waals surface area contributed by atoms with Gasteiger partial charge in [-0.05, 0) is 43.0 Å². The minimum absolute atomic E-state index is 0.0225. The fraction of sp³-hybridized carbons (Fsp3) is 0.267. The number of para-hydroxylation sites is 1. The Morgan fingerprint density at radius 1 is 1.26 bits per heavy atom. The van der Waals surface area contributed by atoms with Gasteiger partial charge in [-0.1, -0.05) is 18.2 Å². The molecule has 0 spiro atoms. The average Bonchev–Trinajstić information content (AvgIpc) is 3.00. The third-order valence-electron chi connectivity index (χ3n) is 3.38. The Labute approximate surface area is 116 Å². The SMILES string of the molecule is CN(NC(=O)c1cc2c(s1)CCC2)c1ccccc1. The van der Waals surface area contributed by atoms with Crippen molar-refractivity contribution in [2.24, 2.45) is 0 Å². The molecule has 1 amide bonds. The van der Waals surface area contributed by atoms with Crippen molar-refractivity contribution in [1.82, 2.24) is 5.43 Å². The first-order chi connectivity index (χ1) is 9.24. The third-order valence-corrected chi connectivity index (χ3v) is 4.62. The summed E-state index contributed by atoms with van der Waals surface area (Å²) in [6.07, 6.45) is 3.47. The number of hydrogen-bond acceptors (Lipinski definition) is 3. The Hall–Kier alpha value is -1.81. The predicted octanol–water partition coefficient (Wildman–Crippen LogP) is 3.02. The molecule has 0 aliphatic heterocycles. The van der Waals surface area contributed by atoms with Crippen LogP contribution in [0.4, 0.5) is 5.69 Å². The molecule has 0 fully saturated rings. The molecule has 0 bridgehead atoms. The van der Waals surface area contributed by atoms with Gasteiger partial charge in [0.15, 0.2) is 0 Å². The summed E-state index contributed by atoms with van der Waals surface area (Å²) in [4.78, 5) is 14.4. The number of aryl methyl sites for hydroxylation is 2. The summed E-state index contributed by atoms with van der Waals surface area (Å²) >= 11 is 1.63. The van der Waals surface area contributed by atoms with Gasteiger partial charge in [0, 0.05) is 11.9 Å². The van der Waals surface area contributed by atoms with E-state index in [9.17, 15) is 4.79 Å². The van der Waals surface area contributed by atoms with E-state index in [1.165, 1.54) is 16.9 Å². The average molecular weight is 272 g/mol. The molecule has 4 heteroatoms. The van der Waals surface area contributed by atoms with Crippen molar-refractivity contribution >= 4 is 22.9 Å². The zero-order chi connectivity index (χ0) is 13.2. The highest BCUT2D eigenvalue weighted by atomic mass is 32.1. The number of rotatable bonds is 3. The van der Waals surface area contributed by atoms with E-state index in [1.807, 2.05) is 43.4 Å². The van der Waals surface area contributed by atoms with Crippen molar-refractivity contribution in [3.63, 3.8) is 0 Å². The lowest BCUT2D eigenvalue weighted by atomic mass is 10.2. The molecule has 0 radical (unpaired) electrons. The zero-order valence-corrected chi connectivity index (χ0v) is 11.7. The lowest BCUT2D eigenvalue weighted by Crippen LogP contribution is -2.38. The van der Waals surface area contributed by atoms with E-state index >= 15 is 0 Å². The van der Waals surface area contributed by atoms with Crippen LogP contribution in [0.3, 0.4) is 0 Å². The van der Waals surface area contributed by atoms with Gasteiger partial charge < -0.3 is 0 Å². The molecule has 1 N–H and O–H groups in total. The molecular weight excluding hydrogens is 256 g/mol. The van der Waals surface area contributed by atoms with Gasteiger partial charge in [-0.2, -0.15) is 0 Å². The number of hydrazine groups is 1. The number of carbonyl (C=O) groups is 1. The smallest absolute Gasteiger partial charge is 0.279 e. The molecule has 98 valence electrons. The number of hydrogen-bond donors (Lipinski definition) is 1. The Morgan fingerprint density at radius 2 is 2.05 bits per heavy atom. The summed E-state index contributed by atoms with van der Waals surface area (Å²) < 4.78 is 0. The van der Waals surface area contributed by atoms with Crippen LogP contribution in [0.1, 0.15) is 26.5 Å². The fourth-order valence-electron chi connectivity index (χ4n) is 2.36. The Morgan fingerprint density at radius 3 is 2.79 bits per heavy atom. The van der Waals surface area contributed by atoms with E-state index in [0.29, 0.717) is 0 Å². The van der Waals surface area contributed by atoms with E-state index < -0.39 is 0 Å². The van der Waals surface area contributed by atoms with Crippen LogP contribution in [0, 0.1) is 0 Å². The fourth-order valence-corrected chi connectivity index (χ4v) is 3.51. The first-order valence-electron chi connectivity index (χ1n) is 6.45. The van der Waals surface area contributed by atoms with E-state index in [0.717, 1.165) is 23.4 Å². The summed E-state index contributed by atoms with van der Waals surface area (Å²) in [5.74, 6) is -0.0225. The Bertz CT molecular complexity index is 570. The van der Waals surface area contributed by atoms with Crippen LogP contribution in [-0.4, -0.2) is 13.0 Å². The van der Waals surface area contributed by atoms with Gasteiger partial charge in [-0.3, -0.25) is 15.2 Å². The number of amides is 1. The van der Waals surface area contributed by atoms with E-state index in [-0.39, 0.29) is 5.91 Å². The molecule has 3 nitrogen and oxygen atoms in total. The van der Waals surface area contributed by atoms with Crippen molar-refractivity contribution in [2.45, 2.75) is 19.3 Å². The lowest BCUT2D eigenvalue weighted by Gasteiger charge is -2.19. The number of thiophene rings is 1. The van der Waals surface area contributed by atoms with Gasteiger partial charge in [0.25, 0.3) is 5.91 Å². The second-order valence-corrected chi connectivity index (χ2v) is 5.88. The molecule has 3 rings (SSSR count). The van der Waals surface area contributed by atoms with Crippen LogP contribution in [0.5, 0.6) is 0 Å². The highest BCUT2D eigenvalue weighted by Gasteiger charge is 2.19. The van der Waals surface area contributed by atoms with E-state index in [4.69, 9.17) is 0 Å². The van der Waals surface area contributed by atoms with E-state index in [1.54, 1.807) is 16.3 Å². The summed E-state index contributed by atoms with van der Waals surface area (Å²) in [7, 11) is 1.86. The first kappa shape index (κ1) is 12.2. The summed E-state index contributed by atoms with van der Waals surface area (Å²) in [5, 5.41) is 1.76. The predicted molar refractivity (Wildman–Crippen MR) is 78.7 cm³/mol. The molecule has 0 atom stereocenters. The highest BCUT2D eigenvalue weighted by Crippen LogP contribution is 2.30. The molecular formula is C15H16N2OS. The molecule has 1 aliphatic rings. The molecule has 1 aliphatic carbocycles. The van der Waals surface area contributed by atoms with Gasteiger partial charge in [0.05, 0.1) is 10.6 Å². The van der Waals surface area contributed by atoms with Crippen molar-refractivity contribution in [1.29, 1.82) is 0 Å². The van der Waals surface area contributed by atoms with Crippen LogP contribution in [0.15, 0.2) is 36.4 Å². The maximum atomic E-state index is 12.2. The molecule has 2 aromatic rings. The minimum Gasteiger partial charge on any atom is -0.288 e. The van der Waals surface area contributed by atoms with Crippen LogP contribution < -0.4 is 10.4 Å². The maximum Gasteiger partial charge on any atom is 0.279 e. The van der Waals surface area contributed by atoms with Crippen LogP contribution in [-0.2, 0) is 12.8 Å². The second kappa shape index (κ2) is 5.05. The van der Waals surface area contributed by atoms with Crippen LogP contribution >= 0.6 is 11.3 Å². The first-order valence-corrected chi connectivity index (χ1v) is 7.27. The number of anilines is 1. The van der Waals surface area contributed by atoms with Crippen molar-refractivity contribution < 1.29 is 4.79 Å². The third kappa shape index (κ3) is 2.49. The van der Waals surface area contributed by atoms with Crippen molar-refractivity contribution in [2.75, 3.05) is 12.1 Å². The molecule has 0 saturated heterocycles. The van der Waals surface area contributed by atoms with E-state index in [2.05, 4.69) is 5.43 Å². The number of nitrogens with one attached hydrogen (secondary N) is 1. The van der Waals surface area contributed by atoms with Gasteiger partial charge >= 0.3 is 0 Å². The van der Waals surface area contributed by atoms with Crippen molar-refractivity contribution in [3.05, 3.63) is 51.7 Å². The van der Waals surface area contributed by atoms with Gasteiger partial charge in [0.2, 0.25) is 0 Å². The number of benzene rings is 1. The quantitative estimate of drug-likeness (QED) is 0.871. The molecule has 1 heterocycles. The summed E-state index contributed by atoms with van der Waals surface area (Å²) in [6.45, 7) is 0. The summed E-state index contributed by atoms with van der Waals surface area (Å²) in [6, 6.07) is 11.9. The lowest BCUT2D eigenvalue weighted by molar-refractivity contribution is 0.0955. The van der Waals surface area contributed by atoms with Gasteiger partial charge in [-0.25, -0.2) is 0 Å². The molecule has 1 aromatic heterocycles. The largest absolute Gasteiger partial charge is 0.288 e. The van der Waals surface area contributed by atoms with Gasteiger partial charge in [0.1, 0.15) is 0 Å². The van der Waals surface area contributed by atoms with Crippen LogP contribution in [0.2, 0.25) is 0 Å². The van der Waals surface area contributed by atoms with Gasteiger partial charge in [-0.15, -0.1) is 11.3 Å². The zero-order valence-electron chi connectivity index (χ0n) is 10.8. The maximum absolute atomic E-state index is 12.2. The Kier molecular flexibility index (Phi) is 3.25. The second-order valence-electron chi connectivity index (χ2n) is 4.75. The Balaban J connectivity index is 1.71. The number of fused-ring (bicyclic) bond motifs is 1. The topological polar surface area (TPSA) is 32.3 Å². The highest BCUT2D eigenvalue weighted by molar-refractivity contribution is 7.14. The number of carbonyl (C=O) groups excluding carboxylic acids is 1. The molecule has 0 unspecified atom stereocenters.